The van der Waals surface area contributed by atoms with Gasteiger partial charge in [0, 0.05) is 0 Å². The van der Waals surface area contributed by atoms with Crippen molar-refractivity contribution in [2.45, 2.75) is 50.6 Å². The highest BCUT2D eigenvalue weighted by atomic mass is 32.2. The molecule has 2 saturated carbocycles. The predicted molar refractivity (Wildman–Crippen MR) is 97.8 cm³/mol. The summed E-state index contributed by atoms with van der Waals surface area (Å²) in [5, 5.41) is 0. The molecule has 34 heavy (non-hydrogen) atoms. The first-order valence-corrected chi connectivity index (χ1v) is 12.1. The second-order valence-corrected chi connectivity index (χ2v) is 10.7. The summed E-state index contributed by atoms with van der Waals surface area (Å²) >= 11 is 0. The summed E-state index contributed by atoms with van der Waals surface area (Å²) in [7, 11) is -6.15. The van der Waals surface area contributed by atoms with Gasteiger partial charge >= 0.3 is 29.9 Å². The van der Waals surface area contributed by atoms with Gasteiger partial charge in [0.15, 0.2) is 0 Å². The van der Waals surface area contributed by atoms with Gasteiger partial charge in [0.05, 0.1) is 46.3 Å². The standard InChI is InChI=1S/C19H24F6O8S/c1-2-16(6-31-7-16)8-32-14(26)12-10-3-4-11(5-10)13(12)15(27)33-17(18(20,21)22,19(23,24)25)9-34(28,29)30/h10-13H,2-9H2,1H3,(H,28,29,30)/p-1. The van der Waals surface area contributed by atoms with Crippen molar-refractivity contribution in [1.82, 2.24) is 0 Å². The fraction of sp³-hybridized carbons (Fsp3) is 0.895. The highest BCUT2D eigenvalue weighted by molar-refractivity contribution is 7.85. The van der Waals surface area contributed by atoms with Gasteiger partial charge < -0.3 is 18.8 Å². The molecule has 1 heterocycles. The SMILES string of the molecule is CCC1(COC(=O)C2C3CCC(C3)C2C(=O)OC(CS(=O)(=O)[O-])(C(F)(F)F)C(F)(F)F)COC1. The van der Waals surface area contributed by atoms with Crippen molar-refractivity contribution in [3.05, 3.63) is 0 Å². The minimum absolute atomic E-state index is 0.0958. The molecule has 2 aliphatic carbocycles. The molecule has 0 spiro atoms. The normalized spacial score (nSPS) is 28.9. The summed E-state index contributed by atoms with van der Waals surface area (Å²) in [4.78, 5) is 25.5. The average Bonchev–Trinajstić information content (AvgIpc) is 3.25. The van der Waals surface area contributed by atoms with Crippen molar-refractivity contribution in [2.75, 3.05) is 25.6 Å². The number of alkyl halides is 6. The van der Waals surface area contributed by atoms with Crippen molar-refractivity contribution < 1.29 is 63.1 Å². The lowest BCUT2D eigenvalue weighted by Gasteiger charge is -2.41. The second kappa shape index (κ2) is 8.80. The molecule has 0 aromatic rings. The van der Waals surface area contributed by atoms with E-state index in [0.29, 0.717) is 26.1 Å². The first kappa shape index (κ1) is 27.0. The number of carbonyl (C=O) groups excluding carboxylic acids is 2. The number of carbonyl (C=O) groups is 2. The first-order valence-electron chi connectivity index (χ1n) is 10.5. The minimum Gasteiger partial charge on any atom is -0.748 e. The maximum atomic E-state index is 13.5. The smallest absolute Gasteiger partial charge is 0.438 e. The third-order valence-corrected chi connectivity index (χ3v) is 7.88. The predicted octanol–water partition coefficient (Wildman–Crippen LogP) is 2.57. The minimum atomic E-state index is -6.47. The van der Waals surface area contributed by atoms with Gasteiger partial charge in [-0.25, -0.2) is 8.42 Å². The van der Waals surface area contributed by atoms with Crippen molar-refractivity contribution in [3.63, 3.8) is 0 Å². The third kappa shape index (κ3) is 4.87. The van der Waals surface area contributed by atoms with Gasteiger partial charge in [-0.1, -0.05) is 6.92 Å². The molecule has 1 aliphatic heterocycles. The zero-order valence-electron chi connectivity index (χ0n) is 17.9. The van der Waals surface area contributed by atoms with Gasteiger partial charge in [-0.05, 0) is 37.5 Å². The number of ether oxygens (including phenoxy) is 3. The van der Waals surface area contributed by atoms with Crippen LogP contribution in [0.4, 0.5) is 26.3 Å². The Balaban J connectivity index is 1.87. The lowest BCUT2D eigenvalue weighted by molar-refractivity contribution is -0.362. The molecule has 4 unspecified atom stereocenters. The largest absolute Gasteiger partial charge is 0.748 e. The highest BCUT2D eigenvalue weighted by Gasteiger charge is 2.75. The van der Waals surface area contributed by atoms with Gasteiger partial charge in [-0.2, -0.15) is 26.3 Å². The molecule has 0 N–H and O–H groups in total. The molecule has 3 rings (SSSR count). The number of fused-ring (bicyclic) bond motifs is 2. The molecule has 3 fully saturated rings. The molecule has 196 valence electrons. The molecule has 8 nitrogen and oxygen atoms in total. The zero-order valence-corrected chi connectivity index (χ0v) is 18.7. The Bertz CT molecular complexity index is 891. The highest BCUT2D eigenvalue weighted by Crippen LogP contribution is 2.55. The molecule has 0 amide bonds. The van der Waals surface area contributed by atoms with E-state index in [1.54, 1.807) is 0 Å². The van der Waals surface area contributed by atoms with Crippen LogP contribution in [0.25, 0.3) is 0 Å². The van der Waals surface area contributed by atoms with Gasteiger partial charge in [0.2, 0.25) is 0 Å². The van der Waals surface area contributed by atoms with Crippen LogP contribution in [0.5, 0.6) is 0 Å². The van der Waals surface area contributed by atoms with Crippen LogP contribution in [0.2, 0.25) is 0 Å². The van der Waals surface area contributed by atoms with Crippen molar-refractivity contribution >= 4 is 22.1 Å². The van der Waals surface area contributed by atoms with E-state index < -0.39 is 74.8 Å². The Morgan fingerprint density at radius 1 is 1.00 bits per heavy atom. The topological polar surface area (TPSA) is 119 Å². The van der Waals surface area contributed by atoms with E-state index in [1.165, 1.54) is 0 Å². The van der Waals surface area contributed by atoms with E-state index in [-0.39, 0.29) is 19.4 Å². The van der Waals surface area contributed by atoms with Crippen molar-refractivity contribution in [2.24, 2.45) is 29.1 Å². The lowest BCUT2D eigenvalue weighted by atomic mass is 9.79. The zero-order chi connectivity index (χ0) is 25.7. The fourth-order valence-electron chi connectivity index (χ4n) is 5.03. The van der Waals surface area contributed by atoms with E-state index >= 15 is 0 Å². The molecule has 0 aromatic heterocycles. The number of esters is 2. The molecular formula is C19H23F6O8S-. The summed E-state index contributed by atoms with van der Waals surface area (Å²) in [6.45, 7) is 2.35. The maximum Gasteiger partial charge on any atom is 0.438 e. The summed E-state index contributed by atoms with van der Waals surface area (Å²) in [5.41, 5.74) is -6.02. The third-order valence-electron chi connectivity index (χ3n) is 7.12. The van der Waals surface area contributed by atoms with Crippen molar-refractivity contribution in [3.8, 4) is 0 Å². The Morgan fingerprint density at radius 3 is 1.88 bits per heavy atom. The molecule has 2 bridgehead atoms. The Labute approximate surface area is 191 Å². The van der Waals surface area contributed by atoms with E-state index in [1.807, 2.05) is 6.92 Å². The molecule has 3 aliphatic rings. The van der Waals surface area contributed by atoms with Gasteiger partial charge in [-0.3, -0.25) is 9.59 Å². The average molecular weight is 525 g/mol. The van der Waals surface area contributed by atoms with E-state index in [0.717, 1.165) is 0 Å². The van der Waals surface area contributed by atoms with Gasteiger partial charge in [0.1, 0.15) is 6.61 Å². The first-order chi connectivity index (χ1) is 15.5. The lowest BCUT2D eigenvalue weighted by Crippen LogP contribution is -2.64. The van der Waals surface area contributed by atoms with Gasteiger partial charge in [-0.15, -0.1) is 0 Å². The number of hydrogen-bond acceptors (Lipinski definition) is 8. The van der Waals surface area contributed by atoms with Crippen LogP contribution in [0.1, 0.15) is 32.6 Å². The van der Waals surface area contributed by atoms with Crippen molar-refractivity contribution in [1.29, 1.82) is 0 Å². The monoisotopic (exact) mass is 525 g/mol. The molecule has 4 atom stereocenters. The van der Waals surface area contributed by atoms with Gasteiger partial charge in [0.25, 0.3) is 0 Å². The van der Waals surface area contributed by atoms with Crippen LogP contribution in [0, 0.1) is 29.1 Å². The van der Waals surface area contributed by atoms with Crippen LogP contribution in [0.3, 0.4) is 0 Å². The quantitative estimate of drug-likeness (QED) is 0.270. The molecule has 15 heteroatoms. The number of halogens is 6. The van der Waals surface area contributed by atoms with E-state index in [2.05, 4.69) is 4.74 Å². The van der Waals surface area contributed by atoms with E-state index in [9.17, 15) is 48.9 Å². The summed E-state index contributed by atoms with van der Waals surface area (Å²) in [6, 6.07) is 0. The Hall–Kier alpha value is -1.61. The molecule has 1 saturated heterocycles. The van der Waals surface area contributed by atoms with Crippen LogP contribution >= 0.6 is 0 Å². The van der Waals surface area contributed by atoms with Crippen LogP contribution in [0.15, 0.2) is 0 Å². The fourth-order valence-corrected chi connectivity index (χ4v) is 5.91. The molecular weight excluding hydrogens is 502 g/mol. The summed E-state index contributed by atoms with van der Waals surface area (Å²) in [6.07, 6.45) is -11.5. The second-order valence-electron chi connectivity index (χ2n) is 9.28. The Kier molecular flexibility index (Phi) is 6.99. The Morgan fingerprint density at radius 2 is 1.50 bits per heavy atom. The van der Waals surface area contributed by atoms with Crippen LogP contribution < -0.4 is 0 Å². The van der Waals surface area contributed by atoms with Crippen LogP contribution in [-0.4, -0.2) is 68.4 Å². The number of rotatable bonds is 8. The summed E-state index contributed by atoms with van der Waals surface area (Å²) in [5.74, 6) is -10.4. The maximum absolute atomic E-state index is 13.5. The summed E-state index contributed by atoms with van der Waals surface area (Å²) < 4.78 is 128. The molecule has 0 radical (unpaired) electrons. The molecule has 0 aromatic carbocycles. The number of hydrogen-bond donors (Lipinski definition) is 0. The van der Waals surface area contributed by atoms with Crippen LogP contribution in [-0.2, 0) is 33.9 Å². The van der Waals surface area contributed by atoms with E-state index in [4.69, 9.17) is 9.47 Å².